The number of hydrogen-bond donors (Lipinski definition) is 1. The van der Waals surface area contributed by atoms with Gasteiger partial charge in [0.1, 0.15) is 17.6 Å². The predicted molar refractivity (Wildman–Crippen MR) is 135 cm³/mol. The van der Waals surface area contributed by atoms with Crippen LogP contribution < -0.4 is 0 Å². The van der Waals surface area contributed by atoms with Crippen LogP contribution >= 0.6 is 0 Å². The Morgan fingerprint density at radius 3 is 2.51 bits per heavy atom. The minimum Gasteiger partial charge on any atom is -0.461 e. The topological polar surface area (TPSA) is 107 Å². The second kappa shape index (κ2) is 8.90. The Kier molecular flexibility index (Phi) is 6.21. The summed E-state index contributed by atoms with van der Waals surface area (Å²) in [5.74, 6) is -2.17. The summed E-state index contributed by atoms with van der Waals surface area (Å²) in [5, 5.41) is 12.0. The molecular formula is C30H36O7. The van der Waals surface area contributed by atoms with Crippen LogP contribution in [0.25, 0.3) is 0 Å². The molecule has 5 aliphatic rings. The number of carbonyl (C=O) groups excluding carboxylic acids is 4. The molecule has 9 unspecified atom stereocenters. The molecule has 0 aromatic rings. The molecule has 1 saturated carbocycles. The molecule has 2 heterocycles. The van der Waals surface area contributed by atoms with Gasteiger partial charge in [-0.25, -0.2) is 4.79 Å². The molecule has 0 radical (unpaired) electrons. The first-order valence-electron chi connectivity index (χ1n) is 13.3. The van der Waals surface area contributed by atoms with Crippen molar-refractivity contribution in [2.24, 2.45) is 35.0 Å². The zero-order chi connectivity index (χ0) is 26.9. The van der Waals surface area contributed by atoms with Crippen molar-refractivity contribution in [3.63, 3.8) is 0 Å². The maximum absolute atomic E-state index is 13.8. The lowest BCUT2D eigenvalue weighted by Gasteiger charge is -2.48. The largest absolute Gasteiger partial charge is 0.461 e. The highest BCUT2D eigenvalue weighted by Crippen LogP contribution is 2.61. The van der Waals surface area contributed by atoms with Crippen molar-refractivity contribution in [2.75, 3.05) is 0 Å². The van der Waals surface area contributed by atoms with Gasteiger partial charge in [0.25, 0.3) is 0 Å². The Labute approximate surface area is 217 Å². The van der Waals surface area contributed by atoms with Gasteiger partial charge in [0, 0.05) is 23.0 Å². The molecule has 7 heteroatoms. The van der Waals surface area contributed by atoms with E-state index in [-0.39, 0.29) is 59.8 Å². The smallest absolute Gasteiger partial charge is 0.334 e. The number of Topliss-reactive ketones (excluding diaryl/α,β-unsaturated/α-hetero) is 1. The fourth-order valence-corrected chi connectivity index (χ4v) is 7.69. The van der Waals surface area contributed by atoms with Gasteiger partial charge in [-0.1, -0.05) is 32.6 Å². The van der Waals surface area contributed by atoms with Gasteiger partial charge in [-0.3, -0.25) is 14.4 Å². The monoisotopic (exact) mass is 508 g/mol. The van der Waals surface area contributed by atoms with Crippen molar-refractivity contribution >= 4 is 23.5 Å². The third kappa shape index (κ3) is 3.89. The first-order chi connectivity index (χ1) is 17.4. The molecule has 0 bridgehead atoms. The number of rotatable bonds is 3. The molecule has 3 aliphatic carbocycles. The third-order valence-electron chi connectivity index (χ3n) is 9.77. The van der Waals surface area contributed by atoms with Crippen LogP contribution in [0.1, 0.15) is 59.8 Å². The predicted octanol–water partition coefficient (Wildman–Crippen LogP) is 3.81. The Hall–Kier alpha value is -2.80. The lowest BCUT2D eigenvalue weighted by molar-refractivity contribution is -0.151. The number of allylic oxidation sites excluding steroid dienone is 4. The molecule has 5 rings (SSSR count). The highest BCUT2D eigenvalue weighted by atomic mass is 16.6. The summed E-state index contributed by atoms with van der Waals surface area (Å²) in [6.07, 6.45) is 8.64. The minimum absolute atomic E-state index is 0.0365. The zero-order valence-corrected chi connectivity index (χ0v) is 22.0. The summed E-state index contributed by atoms with van der Waals surface area (Å²) in [4.78, 5) is 50.7. The summed E-state index contributed by atoms with van der Waals surface area (Å²) in [5.41, 5.74) is -0.724. The molecule has 1 spiro atoms. The molecule has 1 N–H and O–H groups in total. The number of hydrogen-bond acceptors (Lipinski definition) is 7. The fourth-order valence-electron chi connectivity index (χ4n) is 7.69. The molecule has 3 fully saturated rings. The van der Waals surface area contributed by atoms with Gasteiger partial charge in [0.15, 0.2) is 11.6 Å². The van der Waals surface area contributed by atoms with Crippen molar-refractivity contribution < 1.29 is 33.8 Å². The number of carbonyl (C=O) groups is 4. The van der Waals surface area contributed by atoms with Crippen molar-refractivity contribution in [1.29, 1.82) is 0 Å². The van der Waals surface area contributed by atoms with E-state index in [1.807, 2.05) is 13.0 Å². The maximum Gasteiger partial charge on any atom is 0.334 e. The number of aliphatic hydroxyl groups is 1. The molecule has 2 aliphatic heterocycles. The lowest BCUT2D eigenvalue weighted by Crippen LogP contribution is -2.53. The zero-order valence-electron chi connectivity index (χ0n) is 22.0. The van der Waals surface area contributed by atoms with E-state index in [2.05, 4.69) is 19.6 Å². The molecule has 0 aromatic carbocycles. The van der Waals surface area contributed by atoms with Gasteiger partial charge in [-0.15, -0.1) is 0 Å². The number of esters is 2. The van der Waals surface area contributed by atoms with E-state index < -0.39 is 23.0 Å². The molecule has 0 amide bonds. The van der Waals surface area contributed by atoms with Crippen LogP contribution in [0.15, 0.2) is 47.6 Å². The summed E-state index contributed by atoms with van der Waals surface area (Å²) in [6, 6.07) is 0. The second-order valence-corrected chi connectivity index (χ2v) is 11.9. The van der Waals surface area contributed by atoms with Crippen LogP contribution in [-0.2, 0) is 28.7 Å². The number of fused-ring (bicyclic) bond motifs is 4. The highest BCUT2D eigenvalue weighted by molar-refractivity contribution is 6.03. The SMILES string of the molecule is C=C1C(=O)OC2CC(C)C3(O)C=C(C(C)=O)C4(CC3CC12)C(=O)OC1CC(C)C(/C=C/C(C)=O)=CCC14. The molecule has 9 atom stereocenters. The second-order valence-electron chi connectivity index (χ2n) is 11.9. The number of ether oxygens (including phenoxy) is 2. The van der Waals surface area contributed by atoms with E-state index in [4.69, 9.17) is 9.47 Å². The van der Waals surface area contributed by atoms with Crippen molar-refractivity contribution in [3.8, 4) is 0 Å². The van der Waals surface area contributed by atoms with E-state index in [9.17, 15) is 24.3 Å². The molecule has 7 nitrogen and oxygen atoms in total. The first-order valence-corrected chi connectivity index (χ1v) is 13.3. The Morgan fingerprint density at radius 2 is 1.84 bits per heavy atom. The van der Waals surface area contributed by atoms with E-state index in [1.165, 1.54) is 13.8 Å². The number of ketones is 2. The maximum atomic E-state index is 13.8. The minimum atomic E-state index is -1.31. The van der Waals surface area contributed by atoms with Gasteiger partial charge in [0.2, 0.25) is 0 Å². The van der Waals surface area contributed by atoms with E-state index in [1.54, 1.807) is 12.2 Å². The average molecular weight is 509 g/mol. The first kappa shape index (κ1) is 25.8. The van der Waals surface area contributed by atoms with Gasteiger partial charge >= 0.3 is 11.9 Å². The van der Waals surface area contributed by atoms with Crippen LogP contribution in [0.3, 0.4) is 0 Å². The van der Waals surface area contributed by atoms with Crippen LogP contribution in [0.5, 0.6) is 0 Å². The molecule has 0 aromatic heterocycles. The molecule has 2 saturated heterocycles. The van der Waals surface area contributed by atoms with Crippen LogP contribution in [0, 0.1) is 35.0 Å². The Morgan fingerprint density at radius 1 is 1.11 bits per heavy atom. The van der Waals surface area contributed by atoms with Crippen LogP contribution in [0.4, 0.5) is 0 Å². The molecular weight excluding hydrogens is 472 g/mol. The molecule has 198 valence electrons. The van der Waals surface area contributed by atoms with Crippen molar-refractivity contribution in [2.45, 2.75) is 77.6 Å². The third-order valence-corrected chi connectivity index (χ3v) is 9.77. The Bertz CT molecular complexity index is 1170. The molecule has 37 heavy (non-hydrogen) atoms. The van der Waals surface area contributed by atoms with Gasteiger partial charge in [-0.05, 0) is 81.4 Å². The van der Waals surface area contributed by atoms with Gasteiger partial charge < -0.3 is 14.6 Å². The summed E-state index contributed by atoms with van der Waals surface area (Å²) >= 11 is 0. The van der Waals surface area contributed by atoms with Crippen LogP contribution in [0.2, 0.25) is 0 Å². The fraction of sp³-hybridized carbons (Fsp3) is 0.600. The van der Waals surface area contributed by atoms with E-state index in [0.717, 1.165) is 5.57 Å². The van der Waals surface area contributed by atoms with Gasteiger partial charge in [-0.2, -0.15) is 0 Å². The quantitative estimate of drug-likeness (QED) is 0.456. The normalized spacial score (nSPS) is 43.2. The summed E-state index contributed by atoms with van der Waals surface area (Å²) in [7, 11) is 0. The average Bonchev–Trinajstić information content (AvgIpc) is 3.09. The van der Waals surface area contributed by atoms with Gasteiger partial charge in [0.05, 0.1) is 5.60 Å². The highest BCUT2D eigenvalue weighted by Gasteiger charge is 2.66. The Balaban J connectivity index is 1.59. The summed E-state index contributed by atoms with van der Waals surface area (Å²) < 4.78 is 11.6. The van der Waals surface area contributed by atoms with E-state index in [0.29, 0.717) is 36.8 Å². The van der Waals surface area contributed by atoms with E-state index >= 15 is 0 Å². The van der Waals surface area contributed by atoms with Crippen LogP contribution in [-0.4, -0.2) is 46.4 Å². The van der Waals surface area contributed by atoms with Crippen molar-refractivity contribution in [1.82, 2.24) is 0 Å². The summed E-state index contributed by atoms with van der Waals surface area (Å²) in [6.45, 7) is 10.9. The van der Waals surface area contributed by atoms with Crippen molar-refractivity contribution in [3.05, 3.63) is 47.6 Å². The standard InChI is InChI=1S/C30H36O7/c1-15-10-26-23(9-8-20(15)7-6-17(3)31)29(28(34)37-26)13-21-12-22-18(4)27(33)36-25(22)11-16(2)30(21,35)14-24(29)19(5)32/h6-8,14-16,21-23,25-26,35H,4,9-13H2,1-3,5H3/b7-6+. The lowest BCUT2D eigenvalue weighted by atomic mass is 9.54.